The molecule has 27 heavy (non-hydrogen) atoms. The van der Waals surface area contributed by atoms with E-state index in [-0.39, 0.29) is 42.4 Å². The second-order valence-corrected chi connectivity index (χ2v) is 6.03. The smallest absolute Gasteiger partial charge is 0.284 e. The van der Waals surface area contributed by atoms with E-state index in [9.17, 15) is 4.79 Å². The molecular formula is C18H24ClIN4O3. The number of aliphatic imine (C=N–C) groups is 1. The number of primary amides is 1. The van der Waals surface area contributed by atoms with E-state index >= 15 is 0 Å². The van der Waals surface area contributed by atoms with E-state index < -0.39 is 5.91 Å². The van der Waals surface area contributed by atoms with E-state index in [1.54, 1.807) is 18.2 Å². The fourth-order valence-corrected chi connectivity index (χ4v) is 2.25. The van der Waals surface area contributed by atoms with Crippen LogP contribution in [0.1, 0.15) is 30.2 Å². The van der Waals surface area contributed by atoms with Crippen LogP contribution in [0.15, 0.2) is 45.8 Å². The van der Waals surface area contributed by atoms with Crippen LogP contribution in [0.4, 0.5) is 0 Å². The zero-order chi connectivity index (χ0) is 18.9. The van der Waals surface area contributed by atoms with Crippen molar-refractivity contribution in [3.63, 3.8) is 0 Å². The van der Waals surface area contributed by atoms with Gasteiger partial charge in [0.05, 0.1) is 6.54 Å². The van der Waals surface area contributed by atoms with Crippen LogP contribution in [0, 0.1) is 0 Å². The largest absolute Gasteiger partial charge is 0.489 e. The Kier molecular flexibility index (Phi) is 10.0. The van der Waals surface area contributed by atoms with Crippen molar-refractivity contribution in [1.82, 2.24) is 10.6 Å². The molecule has 0 saturated carbocycles. The highest BCUT2D eigenvalue weighted by Crippen LogP contribution is 2.16. The molecule has 0 radical (unpaired) electrons. The lowest BCUT2D eigenvalue weighted by atomic mass is 10.3. The summed E-state index contributed by atoms with van der Waals surface area (Å²) in [5.74, 6) is 1.45. The lowest BCUT2D eigenvalue weighted by Gasteiger charge is -2.17. The minimum atomic E-state index is -0.599. The number of guanidine groups is 1. The zero-order valence-corrected chi connectivity index (χ0v) is 18.3. The van der Waals surface area contributed by atoms with Crippen LogP contribution in [0.3, 0.4) is 0 Å². The number of carbonyl (C=O) groups excluding carboxylic acids is 1. The standard InChI is InChI=1S/C18H23ClN4O3.HI/c1-3-21-18(23-11-15-8-9-16(26-15)17(20)24)22-10-12(2)25-14-6-4-13(19)5-7-14;/h4-9,12H,3,10-11H2,1-2H3,(H2,20,24)(H2,21,22,23);1H. The third kappa shape index (κ3) is 8.08. The molecule has 1 unspecified atom stereocenters. The van der Waals surface area contributed by atoms with Gasteiger partial charge < -0.3 is 25.5 Å². The highest BCUT2D eigenvalue weighted by Gasteiger charge is 2.08. The van der Waals surface area contributed by atoms with E-state index in [4.69, 9.17) is 26.5 Å². The number of nitrogens with two attached hydrogens (primary N) is 1. The maximum absolute atomic E-state index is 11.0. The molecule has 1 amide bonds. The van der Waals surface area contributed by atoms with Crippen molar-refractivity contribution in [1.29, 1.82) is 0 Å². The second kappa shape index (κ2) is 11.7. The molecule has 148 valence electrons. The summed E-state index contributed by atoms with van der Waals surface area (Å²) in [4.78, 5) is 15.5. The van der Waals surface area contributed by atoms with Crippen LogP contribution in [0.25, 0.3) is 0 Å². The number of nitrogens with zero attached hydrogens (tertiary/aromatic N) is 1. The number of hydrogen-bond donors (Lipinski definition) is 3. The number of rotatable bonds is 8. The lowest BCUT2D eigenvalue weighted by Crippen LogP contribution is -2.41. The number of ether oxygens (including phenoxy) is 1. The predicted octanol–water partition coefficient (Wildman–Crippen LogP) is 3.17. The lowest BCUT2D eigenvalue weighted by molar-refractivity contribution is 0.0972. The molecule has 1 heterocycles. The van der Waals surface area contributed by atoms with Gasteiger partial charge in [0.25, 0.3) is 5.91 Å². The van der Waals surface area contributed by atoms with E-state index in [1.165, 1.54) is 6.07 Å². The molecule has 9 heteroatoms. The zero-order valence-electron chi connectivity index (χ0n) is 15.2. The first-order valence-electron chi connectivity index (χ1n) is 8.31. The summed E-state index contributed by atoms with van der Waals surface area (Å²) in [5, 5.41) is 7.02. The normalized spacial score (nSPS) is 12.0. The predicted molar refractivity (Wildman–Crippen MR) is 117 cm³/mol. The van der Waals surface area contributed by atoms with Gasteiger partial charge >= 0.3 is 0 Å². The Bertz CT molecular complexity index is 749. The Hall–Kier alpha value is -1.94. The summed E-state index contributed by atoms with van der Waals surface area (Å²) in [6, 6.07) is 10.4. The molecule has 0 bridgehead atoms. The van der Waals surface area contributed by atoms with Gasteiger partial charge in [0.1, 0.15) is 24.2 Å². The van der Waals surface area contributed by atoms with Crippen molar-refractivity contribution in [2.75, 3.05) is 13.1 Å². The van der Waals surface area contributed by atoms with Crippen molar-refractivity contribution in [2.24, 2.45) is 10.7 Å². The minimum Gasteiger partial charge on any atom is -0.489 e. The summed E-state index contributed by atoms with van der Waals surface area (Å²) in [5.41, 5.74) is 5.17. The maximum Gasteiger partial charge on any atom is 0.284 e. The highest BCUT2D eigenvalue weighted by molar-refractivity contribution is 14.0. The molecule has 0 aliphatic heterocycles. The number of nitrogens with one attached hydrogen (secondary N) is 2. The van der Waals surface area contributed by atoms with Crippen molar-refractivity contribution in [3.8, 4) is 5.75 Å². The third-order valence-corrected chi connectivity index (χ3v) is 3.60. The quantitative estimate of drug-likeness (QED) is 0.290. The molecule has 0 spiro atoms. The fourth-order valence-electron chi connectivity index (χ4n) is 2.12. The number of furan rings is 1. The summed E-state index contributed by atoms with van der Waals surface area (Å²) >= 11 is 5.86. The Morgan fingerprint density at radius 1 is 1.26 bits per heavy atom. The number of halogens is 2. The van der Waals surface area contributed by atoms with Gasteiger partial charge in [-0.25, -0.2) is 4.99 Å². The first kappa shape index (κ1) is 23.1. The Balaban J connectivity index is 0.00000364. The molecule has 7 nitrogen and oxygen atoms in total. The number of amides is 1. The van der Waals surface area contributed by atoms with Gasteiger partial charge in [0, 0.05) is 11.6 Å². The second-order valence-electron chi connectivity index (χ2n) is 5.59. The maximum atomic E-state index is 11.0. The first-order valence-corrected chi connectivity index (χ1v) is 8.68. The van der Waals surface area contributed by atoms with Crippen molar-refractivity contribution < 1.29 is 13.9 Å². The minimum absolute atomic E-state index is 0. The summed E-state index contributed by atoms with van der Waals surface area (Å²) in [6.07, 6.45) is -0.0786. The summed E-state index contributed by atoms with van der Waals surface area (Å²) in [7, 11) is 0. The summed E-state index contributed by atoms with van der Waals surface area (Å²) < 4.78 is 11.1. The topological polar surface area (TPSA) is 102 Å². The van der Waals surface area contributed by atoms with Gasteiger partial charge in [-0.3, -0.25) is 4.79 Å². The molecule has 0 saturated heterocycles. The molecule has 0 aliphatic rings. The van der Waals surface area contributed by atoms with E-state index in [1.807, 2.05) is 26.0 Å². The van der Waals surface area contributed by atoms with Gasteiger partial charge in [-0.05, 0) is 50.2 Å². The van der Waals surface area contributed by atoms with Crippen LogP contribution in [0.5, 0.6) is 5.75 Å². The van der Waals surface area contributed by atoms with E-state index in [0.29, 0.717) is 29.8 Å². The van der Waals surface area contributed by atoms with Crippen LogP contribution in [0.2, 0.25) is 5.02 Å². The number of benzene rings is 1. The van der Waals surface area contributed by atoms with Crippen molar-refractivity contribution in [2.45, 2.75) is 26.5 Å². The average molecular weight is 507 g/mol. The average Bonchev–Trinajstić information content (AvgIpc) is 3.09. The van der Waals surface area contributed by atoms with Gasteiger partial charge in [0.2, 0.25) is 0 Å². The fraction of sp³-hybridized carbons (Fsp3) is 0.333. The van der Waals surface area contributed by atoms with E-state index in [0.717, 1.165) is 5.75 Å². The monoisotopic (exact) mass is 506 g/mol. The first-order chi connectivity index (χ1) is 12.5. The molecule has 2 rings (SSSR count). The molecule has 2 aromatic rings. The molecule has 0 aliphatic carbocycles. The molecule has 1 aromatic carbocycles. The molecule has 4 N–H and O–H groups in total. The Labute approximate surface area is 180 Å². The SMILES string of the molecule is CCNC(=NCc1ccc(C(N)=O)o1)NCC(C)Oc1ccc(Cl)cc1.I. The molecule has 0 fully saturated rings. The van der Waals surface area contributed by atoms with E-state index in [2.05, 4.69) is 15.6 Å². The van der Waals surface area contributed by atoms with Crippen molar-refractivity contribution in [3.05, 3.63) is 52.9 Å². The summed E-state index contributed by atoms with van der Waals surface area (Å²) in [6.45, 7) is 5.48. The Morgan fingerprint density at radius 2 is 1.96 bits per heavy atom. The molecule has 1 aromatic heterocycles. The molecule has 1 atom stereocenters. The Morgan fingerprint density at radius 3 is 2.56 bits per heavy atom. The van der Waals surface area contributed by atoms with Crippen LogP contribution in [-0.4, -0.2) is 31.1 Å². The van der Waals surface area contributed by atoms with Gasteiger partial charge in [-0.2, -0.15) is 0 Å². The van der Waals surface area contributed by atoms with Gasteiger partial charge in [-0.15, -0.1) is 24.0 Å². The van der Waals surface area contributed by atoms with Crippen LogP contribution >= 0.6 is 35.6 Å². The molecular weight excluding hydrogens is 483 g/mol. The third-order valence-electron chi connectivity index (χ3n) is 3.35. The van der Waals surface area contributed by atoms with Crippen molar-refractivity contribution >= 4 is 47.4 Å². The highest BCUT2D eigenvalue weighted by atomic mass is 127. The van der Waals surface area contributed by atoms with Crippen LogP contribution in [-0.2, 0) is 6.54 Å². The van der Waals surface area contributed by atoms with Gasteiger partial charge in [0.15, 0.2) is 11.7 Å². The van der Waals surface area contributed by atoms with Gasteiger partial charge in [-0.1, -0.05) is 11.6 Å². The van der Waals surface area contributed by atoms with Crippen LogP contribution < -0.4 is 21.1 Å². The number of carbonyl (C=O) groups is 1. The number of hydrogen-bond acceptors (Lipinski definition) is 4.